The van der Waals surface area contributed by atoms with E-state index in [9.17, 15) is 23.6 Å². The van der Waals surface area contributed by atoms with Gasteiger partial charge in [0.2, 0.25) is 5.91 Å². The van der Waals surface area contributed by atoms with Crippen molar-refractivity contribution < 1.29 is 18.8 Å². The lowest BCUT2D eigenvalue weighted by Crippen LogP contribution is -2.49. The first-order valence-electron chi connectivity index (χ1n) is 13.7. The molecule has 12 heteroatoms. The molecule has 0 aliphatic carbocycles. The number of nitrogens with one attached hydrogen (secondary N) is 2. The number of pyridine rings is 1. The van der Waals surface area contributed by atoms with Crippen LogP contribution in [0.5, 0.6) is 0 Å². The van der Waals surface area contributed by atoms with Crippen LogP contribution in [0.2, 0.25) is 0 Å². The van der Waals surface area contributed by atoms with E-state index in [1.165, 1.54) is 11.0 Å². The van der Waals surface area contributed by atoms with E-state index in [2.05, 4.69) is 25.4 Å². The van der Waals surface area contributed by atoms with Gasteiger partial charge in [0.1, 0.15) is 5.82 Å². The fourth-order valence-corrected chi connectivity index (χ4v) is 5.33. The van der Waals surface area contributed by atoms with Crippen molar-refractivity contribution in [3.8, 4) is 0 Å². The number of hydrogen-bond acceptors (Lipinski definition) is 7. The summed E-state index contributed by atoms with van der Waals surface area (Å²) in [6.45, 7) is 2.95. The summed E-state index contributed by atoms with van der Waals surface area (Å²) in [5.74, 6) is -1.23. The number of piperazine rings is 1. The second kappa shape index (κ2) is 11.5. The van der Waals surface area contributed by atoms with E-state index in [-0.39, 0.29) is 29.4 Å². The van der Waals surface area contributed by atoms with Gasteiger partial charge >= 0.3 is 6.03 Å². The number of halogens is 1. The van der Waals surface area contributed by atoms with Gasteiger partial charge in [0.05, 0.1) is 34.2 Å². The van der Waals surface area contributed by atoms with E-state index in [0.717, 1.165) is 5.69 Å². The van der Waals surface area contributed by atoms with Crippen LogP contribution >= 0.6 is 0 Å². The molecule has 2 fully saturated rings. The lowest BCUT2D eigenvalue weighted by Gasteiger charge is -2.34. The molecule has 6 rings (SSSR count). The summed E-state index contributed by atoms with van der Waals surface area (Å²) in [4.78, 5) is 58.7. The van der Waals surface area contributed by atoms with Crippen molar-refractivity contribution in [3.05, 3.63) is 99.5 Å². The van der Waals surface area contributed by atoms with Gasteiger partial charge in [0.25, 0.3) is 11.5 Å². The van der Waals surface area contributed by atoms with Crippen molar-refractivity contribution in [1.82, 2.24) is 30.3 Å². The summed E-state index contributed by atoms with van der Waals surface area (Å²) in [5, 5.41) is 10.2. The van der Waals surface area contributed by atoms with Gasteiger partial charge < -0.3 is 4.90 Å². The second-order valence-corrected chi connectivity index (χ2v) is 10.4. The zero-order chi connectivity index (χ0) is 29.2. The summed E-state index contributed by atoms with van der Waals surface area (Å²) in [7, 11) is 0. The Labute approximate surface area is 239 Å². The van der Waals surface area contributed by atoms with E-state index in [1.807, 2.05) is 18.2 Å². The van der Waals surface area contributed by atoms with E-state index >= 15 is 0 Å². The van der Waals surface area contributed by atoms with Crippen LogP contribution in [-0.4, -0.2) is 75.6 Å². The highest BCUT2D eigenvalue weighted by molar-refractivity contribution is 6.05. The maximum absolute atomic E-state index is 14.8. The molecule has 2 aliphatic rings. The molecular weight excluding hydrogens is 541 g/mol. The number of rotatable bonds is 6. The molecule has 0 saturated carbocycles. The standard InChI is InChI=1S/C30H28FN7O4/c31-25-8-5-19(16-26-22-3-1-2-4-23(22)28(40)35-34-26)15-24(25)29(41)37-13-11-36(12-14-37)18-20-6-7-21(17-32-20)38-10-9-27(39)33-30(38)42/h1-8,15,17H,9-14,16,18H2,(H,35,40)(H,33,39,42). The number of carbonyl (C=O) groups is 3. The number of carbonyl (C=O) groups excluding carboxylic acids is 3. The zero-order valence-electron chi connectivity index (χ0n) is 22.7. The van der Waals surface area contributed by atoms with Crippen molar-refractivity contribution in [2.24, 2.45) is 0 Å². The number of urea groups is 1. The molecule has 0 atom stereocenters. The maximum Gasteiger partial charge on any atom is 0.328 e. The number of aromatic nitrogens is 3. The highest BCUT2D eigenvalue weighted by Gasteiger charge is 2.26. The van der Waals surface area contributed by atoms with Crippen molar-refractivity contribution >= 4 is 34.3 Å². The first kappa shape index (κ1) is 27.2. The molecule has 2 aromatic heterocycles. The van der Waals surface area contributed by atoms with Gasteiger partial charge in [-0.25, -0.2) is 14.3 Å². The Balaban J connectivity index is 1.08. The van der Waals surface area contributed by atoms with Crippen molar-refractivity contribution in [3.63, 3.8) is 0 Å². The number of anilines is 1. The van der Waals surface area contributed by atoms with E-state index in [4.69, 9.17) is 0 Å². The number of fused-ring (bicyclic) bond motifs is 1. The molecule has 4 heterocycles. The first-order valence-corrected chi connectivity index (χ1v) is 13.7. The quantitative estimate of drug-likeness (QED) is 0.365. The minimum Gasteiger partial charge on any atom is -0.336 e. The molecule has 2 aromatic carbocycles. The summed E-state index contributed by atoms with van der Waals surface area (Å²) in [5.41, 5.74) is 2.52. The third-order valence-electron chi connectivity index (χ3n) is 7.63. The average Bonchev–Trinajstić information content (AvgIpc) is 3.00. The topological polar surface area (TPSA) is 132 Å². The summed E-state index contributed by atoms with van der Waals surface area (Å²) >= 11 is 0. The largest absolute Gasteiger partial charge is 0.336 e. The fraction of sp³-hybridized carbons (Fsp3) is 0.267. The Morgan fingerprint density at radius 1 is 0.929 bits per heavy atom. The Morgan fingerprint density at radius 3 is 2.45 bits per heavy atom. The molecule has 4 amide bonds. The van der Waals surface area contributed by atoms with E-state index in [1.54, 1.807) is 41.4 Å². The molecule has 11 nitrogen and oxygen atoms in total. The predicted molar refractivity (Wildman–Crippen MR) is 152 cm³/mol. The summed E-state index contributed by atoms with van der Waals surface area (Å²) in [6, 6.07) is 14.8. The van der Waals surface area contributed by atoms with Crippen molar-refractivity contribution in [1.29, 1.82) is 0 Å². The zero-order valence-corrected chi connectivity index (χ0v) is 22.7. The van der Waals surface area contributed by atoms with Crippen LogP contribution in [-0.2, 0) is 17.8 Å². The number of nitrogens with zero attached hydrogens (tertiary/aromatic N) is 5. The summed E-state index contributed by atoms with van der Waals surface area (Å²) in [6.07, 6.45) is 2.19. The fourth-order valence-electron chi connectivity index (χ4n) is 5.33. The monoisotopic (exact) mass is 569 g/mol. The number of benzene rings is 2. The molecule has 2 N–H and O–H groups in total. The number of imide groups is 1. The third-order valence-corrected chi connectivity index (χ3v) is 7.63. The lowest BCUT2D eigenvalue weighted by atomic mass is 10.0. The Kier molecular flexibility index (Phi) is 7.44. The Hall–Kier alpha value is -4.97. The van der Waals surface area contributed by atoms with E-state index < -0.39 is 11.8 Å². The van der Waals surface area contributed by atoms with Crippen LogP contribution in [0.25, 0.3) is 10.8 Å². The Bertz CT molecular complexity index is 1730. The van der Waals surface area contributed by atoms with Gasteiger partial charge in [-0.1, -0.05) is 24.3 Å². The smallest absolute Gasteiger partial charge is 0.328 e. The average molecular weight is 570 g/mol. The Morgan fingerprint density at radius 2 is 1.71 bits per heavy atom. The third kappa shape index (κ3) is 5.61. The van der Waals surface area contributed by atoms with Gasteiger partial charge in [-0.05, 0) is 35.9 Å². The first-order chi connectivity index (χ1) is 20.4. The number of amides is 4. The summed E-state index contributed by atoms with van der Waals surface area (Å²) < 4.78 is 14.8. The molecule has 2 saturated heterocycles. The van der Waals surface area contributed by atoms with E-state index in [0.29, 0.717) is 73.4 Å². The lowest BCUT2D eigenvalue weighted by molar-refractivity contribution is -0.120. The maximum atomic E-state index is 14.8. The molecule has 4 aromatic rings. The SMILES string of the molecule is O=C1CCN(c2ccc(CN3CCN(C(=O)c4cc(Cc5n[nH]c(=O)c6ccccc56)ccc4F)CC3)nc2)C(=O)N1. The molecule has 0 radical (unpaired) electrons. The highest BCUT2D eigenvalue weighted by atomic mass is 19.1. The molecule has 0 unspecified atom stereocenters. The molecule has 214 valence electrons. The van der Waals surface area contributed by atoms with Gasteiger partial charge in [0.15, 0.2) is 0 Å². The van der Waals surface area contributed by atoms with Crippen LogP contribution in [0.4, 0.5) is 14.9 Å². The molecule has 0 bridgehead atoms. The minimum atomic E-state index is -0.582. The molecule has 42 heavy (non-hydrogen) atoms. The van der Waals surface area contributed by atoms with Crippen LogP contribution < -0.4 is 15.8 Å². The highest BCUT2D eigenvalue weighted by Crippen LogP contribution is 2.21. The number of hydrogen-bond donors (Lipinski definition) is 2. The van der Waals surface area contributed by atoms with Gasteiger partial charge in [-0.2, -0.15) is 5.10 Å². The van der Waals surface area contributed by atoms with Gasteiger partial charge in [-0.15, -0.1) is 0 Å². The number of H-pyrrole nitrogens is 1. The molecule has 0 spiro atoms. The van der Waals surface area contributed by atoms with Gasteiger partial charge in [0, 0.05) is 57.5 Å². The minimum absolute atomic E-state index is 0.00962. The van der Waals surface area contributed by atoms with Crippen LogP contribution in [0.1, 0.15) is 33.7 Å². The normalized spacial score (nSPS) is 16.1. The van der Waals surface area contributed by atoms with Crippen LogP contribution in [0.15, 0.2) is 65.6 Å². The van der Waals surface area contributed by atoms with Crippen LogP contribution in [0, 0.1) is 5.82 Å². The number of aromatic amines is 1. The van der Waals surface area contributed by atoms with Crippen molar-refractivity contribution in [2.75, 3.05) is 37.6 Å². The molecule has 2 aliphatic heterocycles. The predicted octanol–water partition coefficient (Wildman–Crippen LogP) is 2.45. The van der Waals surface area contributed by atoms with Crippen molar-refractivity contribution in [2.45, 2.75) is 19.4 Å². The van der Waals surface area contributed by atoms with Crippen LogP contribution in [0.3, 0.4) is 0 Å². The van der Waals surface area contributed by atoms with Gasteiger partial charge in [-0.3, -0.25) is 34.5 Å². The molecular formula is C30H28FN7O4. The second-order valence-electron chi connectivity index (χ2n) is 10.4.